The van der Waals surface area contributed by atoms with Crippen LogP contribution in [0.25, 0.3) is 11.2 Å². The summed E-state index contributed by atoms with van der Waals surface area (Å²) in [6, 6.07) is 0. The average molecular weight is 363 g/mol. The number of aromatic nitrogens is 4. The van der Waals surface area contributed by atoms with Crippen molar-refractivity contribution in [1.29, 1.82) is 0 Å². The highest BCUT2D eigenvalue weighted by atomic mass is 127. The number of fused-ring (bicyclic) bond motifs is 1. The van der Waals surface area contributed by atoms with E-state index in [1.807, 2.05) is 22.6 Å². The van der Waals surface area contributed by atoms with Gasteiger partial charge in [-0.05, 0) is 0 Å². The summed E-state index contributed by atoms with van der Waals surface area (Å²) in [6.45, 7) is -0.130. The third kappa shape index (κ3) is 1.74. The van der Waals surface area contributed by atoms with E-state index in [0.717, 1.165) is 4.57 Å². The maximum Gasteiger partial charge on any atom is 0.332 e. The van der Waals surface area contributed by atoms with Crippen LogP contribution in [0.5, 0.6) is 0 Å². The van der Waals surface area contributed by atoms with E-state index >= 15 is 0 Å². The number of hydrogen-bond donors (Lipinski definition) is 1. The van der Waals surface area contributed by atoms with E-state index in [9.17, 15) is 14.4 Å². The van der Waals surface area contributed by atoms with Gasteiger partial charge in [-0.25, -0.2) is 9.78 Å². The van der Waals surface area contributed by atoms with Gasteiger partial charge in [0.2, 0.25) is 5.91 Å². The Bertz CT molecular complexity index is 769. The molecule has 18 heavy (non-hydrogen) atoms. The highest BCUT2D eigenvalue weighted by Crippen LogP contribution is 2.12. The van der Waals surface area contributed by atoms with Gasteiger partial charge in [-0.3, -0.25) is 23.3 Å². The number of imidazole rings is 1. The van der Waals surface area contributed by atoms with Crippen LogP contribution in [0, 0.1) is 3.83 Å². The molecule has 0 unspecified atom stereocenters. The summed E-state index contributed by atoms with van der Waals surface area (Å²) in [5, 5.41) is 0. The molecule has 1 amide bonds. The Kier molecular flexibility index (Phi) is 3.00. The monoisotopic (exact) mass is 363 g/mol. The molecule has 2 rings (SSSR count). The fourth-order valence-corrected chi connectivity index (χ4v) is 2.40. The molecule has 96 valence electrons. The molecule has 0 aromatic carbocycles. The van der Waals surface area contributed by atoms with E-state index in [1.54, 1.807) is 0 Å². The molecule has 0 saturated heterocycles. The fraction of sp³-hybridized carbons (Fsp3) is 0.333. The number of rotatable bonds is 2. The van der Waals surface area contributed by atoms with Crippen molar-refractivity contribution < 1.29 is 4.79 Å². The number of amides is 1. The zero-order valence-electron chi connectivity index (χ0n) is 9.68. The van der Waals surface area contributed by atoms with E-state index in [1.165, 1.54) is 23.2 Å². The smallest absolute Gasteiger partial charge is 0.332 e. The lowest BCUT2D eigenvalue weighted by atomic mass is 10.5. The lowest BCUT2D eigenvalue weighted by Gasteiger charge is -2.07. The zero-order chi connectivity index (χ0) is 13.6. The Morgan fingerprint density at radius 2 is 1.94 bits per heavy atom. The van der Waals surface area contributed by atoms with Crippen LogP contribution in [0.3, 0.4) is 0 Å². The summed E-state index contributed by atoms with van der Waals surface area (Å²) >= 11 is 1.88. The fourth-order valence-electron chi connectivity index (χ4n) is 1.76. The van der Waals surface area contributed by atoms with Crippen LogP contribution in [-0.4, -0.2) is 24.6 Å². The van der Waals surface area contributed by atoms with Crippen LogP contribution < -0.4 is 17.0 Å². The summed E-state index contributed by atoms with van der Waals surface area (Å²) in [5.41, 5.74) is 4.61. The van der Waals surface area contributed by atoms with Gasteiger partial charge in [0.1, 0.15) is 6.54 Å². The van der Waals surface area contributed by atoms with Crippen molar-refractivity contribution in [2.24, 2.45) is 19.8 Å². The minimum atomic E-state index is -0.569. The average Bonchev–Trinajstić information content (AvgIpc) is 2.61. The lowest BCUT2D eigenvalue weighted by Crippen LogP contribution is -2.37. The van der Waals surface area contributed by atoms with Crippen molar-refractivity contribution in [3.8, 4) is 0 Å². The van der Waals surface area contributed by atoms with Gasteiger partial charge in [-0.1, -0.05) is 0 Å². The van der Waals surface area contributed by atoms with E-state index in [4.69, 9.17) is 5.73 Å². The number of carbonyl (C=O) groups excluding carboxylic acids is 1. The van der Waals surface area contributed by atoms with Gasteiger partial charge in [0.05, 0.1) is 0 Å². The van der Waals surface area contributed by atoms with E-state index in [-0.39, 0.29) is 12.1 Å². The highest BCUT2D eigenvalue weighted by molar-refractivity contribution is 14.1. The molecule has 0 radical (unpaired) electrons. The van der Waals surface area contributed by atoms with Crippen LogP contribution in [0.4, 0.5) is 0 Å². The standard InChI is InChI=1S/C9H10IN5O3/c1-13-6-5(7(17)14(2)9(13)18)12-8(10)15(6)3-4(11)16/h3H2,1-2H3,(H2,11,16). The summed E-state index contributed by atoms with van der Waals surface area (Å²) < 4.78 is 4.12. The highest BCUT2D eigenvalue weighted by Gasteiger charge is 2.18. The second-order valence-electron chi connectivity index (χ2n) is 3.81. The second-order valence-corrected chi connectivity index (χ2v) is 4.78. The van der Waals surface area contributed by atoms with Crippen LogP contribution >= 0.6 is 22.6 Å². The first kappa shape index (κ1) is 12.8. The number of halogens is 1. The predicted octanol–water partition coefficient (Wildman–Crippen LogP) is -1.48. The molecule has 0 atom stereocenters. The number of nitrogens with two attached hydrogens (primary N) is 1. The van der Waals surface area contributed by atoms with Crippen molar-refractivity contribution in [3.05, 3.63) is 24.7 Å². The summed E-state index contributed by atoms with van der Waals surface area (Å²) in [4.78, 5) is 38.8. The minimum Gasteiger partial charge on any atom is -0.368 e. The molecule has 0 aliphatic heterocycles. The molecule has 2 N–H and O–H groups in total. The molecular formula is C9H10IN5O3. The Hall–Kier alpha value is -1.65. The molecule has 2 heterocycles. The van der Waals surface area contributed by atoms with Gasteiger partial charge in [0.25, 0.3) is 5.56 Å². The largest absolute Gasteiger partial charge is 0.368 e. The number of hydrogen-bond acceptors (Lipinski definition) is 4. The first-order valence-electron chi connectivity index (χ1n) is 4.94. The van der Waals surface area contributed by atoms with Crippen molar-refractivity contribution >= 4 is 39.7 Å². The van der Waals surface area contributed by atoms with Gasteiger partial charge >= 0.3 is 5.69 Å². The third-order valence-corrected chi connectivity index (χ3v) is 3.43. The Morgan fingerprint density at radius 3 is 2.50 bits per heavy atom. The SMILES string of the molecule is Cn1c(=O)c2nc(I)n(CC(N)=O)c2n(C)c1=O. The van der Waals surface area contributed by atoms with Gasteiger partial charge < -0.3 is 5.73 Å². The lowest BCUT2D eigenvalue weighted by molar-refractivity contribution is -0.118. The van der Waals surface area contributed by atoms with Gasteiger partial charge in [-0.2, -0.15) is 0 Å². The van der Waals surface area contributed by atoms with Gasteiger partial charge in [0.15, 0.2) is 15.0 Å². The number of nitrogens with zero attached hydrogens (tertiary/aromatic N) is 4. The molecule has 0 aliphatic rings. The normalized spacial score (nSPS) is 11.1. The minimum absolute atomic E-state index is 0.130. The Morgan fingerprint density at radius 1 is 1.33 bits per heavy atom. The number of primary amides is 1. The summed E-state index contributed by atoms with van der Waals surface area (Å²) in [7, 11) is 2.89. The molecule has 0 aliphatic carbocycles. The van der Waals surface area contributed by atoms with Crippen LogP contribution in [-0.2, 0) is 25.4 Å². The molecular weight excluding hydrogens is 353 g/mol. The number of aryl methyl sites for hydroxylation is 1. The van der Waals surface area contributed by atoms with Gasteiger partial charge in [0, 0.05) is 36.7 Å². The number of carbonyl (C=O) groups is 1. The topological polar surface area (TPSA) is 105 Å². The molecule has 0 fully saturated rings. The van der Waals surface area contributed by atoms with Crippen molar-refractivity contribution in [1.82, 2.24) is 18.7 Å². The molecule has 0 spiro atoms. The molecule has 0 saturated carbocycles. The third-order valence-electron chi connectivity index (χ3n) is 2.61. The van der Waals surface area contributed by atoms with E-state index < -0.39 is 17.2 Å². The van der Waals surface area contributed by atoms with Crippen LogP contribution in [0.2, 0.25) is 0 Å². The first-order chi connectivity index (χ1) is 8.34. The molecule has 9 heteroatoms. The molecule has 8 nitrogen and oxygen atoms in total. The Labute approximate surface area is 114 Å². The second kappa shape index (κ2) is 4.23. The first-order valence-corrected chi connectivity index (χ1v) is 6.02. The molecule has 2 aromatic heterocycles. The quantitative estimate of drug-likeness (QED) is 0.519. The van der Waals surface area contributed by atoms with E-state index in [0.29, 0.717) is 9.48 Å². The van der Waals surface area contributed by atoms with Crippen molar-refractivity contribution in [2.75, 3.05) is 0 Å². The predicted molar refractivity (Wildman–Crippen MR) is 72.1 cm³/mol. The Balaban J connectivity index is 2.99. The van der Waals surface area contributed by atoms with Crippen molar-refractivity contribution in [3.63, 3.8) is 0 Å². The van der Waals surface area contributed by atoms with Crippen LogP contribution in [0.1, 0.15) is 0 Å². The zero-order valence-corrected chi connectivity index (χ0v) is 11.8. The van der Waals surface area contributed by atoms with E-state index in [2.05, 4.69) is 4.98 Å². The van der Waals surface area contributed by atoms with Crippen LogP contribution in [0.15, 0.2) is 9.59 Å². The molecule has 2 aromatic rings. The summed E-state index contributed by atoms with van der Waals surface area (Å²) in [5.74, 6) is -0.569. The molecule has 0 bridgehead atoms. The maximum absolute atomic E-state index is 11.9. The van der Waals surface area contributed by atoms with Gasteiger partial charge in [-0.15, -0.1) is 0 Å². The summed E-state index contributed by atoms with van der Waals surface area (Å²) in [6.07, 6.45) is 0. The van der Waals surface area contributed by atoms with Crippen molar-refractivity contribution in [2.45, 2.75) is 6.54 Å². The maximum atomic E-state index is 11.9.